The number of nitrogens with one attached hydrogen (secondary N) is 1. The third kappa shape index (κ3) is 4.21. The summed E-state index contributed by atoms with van der Waals surface area (Å²) in [6.45, 7) is 6.56. The fourth-order valence-electron chi connectivity index (χ4n) is 2.47. The van der Waals surface area contributed by atoms with Crippen molar-refractivity contribution in [2.24, 2.45) is 5.92 Å². The molecule has 19 heavy (non-hydrogen) atoms. The largest absolute Gasteiger partial charge is 0.397 e. The van der Waals surface area contributed by atoms with Crippen molar-refractivity contribution in [3.05, 3.63) is 21.5 Å². The summed E-state index contributed by atoms with van der Waals surface area (Å²) < 4.78 is 14.1. The van der Waals surface area contributed by atoms with Gasteiger partial charge in [-0.1, -0.05) is 6.92 Å². The van der Waals surface area contributed by atoms with Gasteiger partial charge < -0.3 is 16.0 Å². The molecule has 5 heteroatoms. The molecule has 3 nitrogen and oxygen atoms in total. The minimum atomic E-state index is -0.218. The van der Waals surface area contributed by atoms with Crippen LogP contribution >= 0.6 is 22.6 Å². The summed E-state index contributed by atoms with van der Waals surface area (Å²) in [5.41, 5.74) is 7.21. The summed E-state index contributed by atoms with van der Waals surface area (Å²) in [7, 11) is 0. The molecule has 1 fully saturated rings. The Labute approximate surface area is 127 Å². The third-order valence-electron chi connectivity index (χ3n) is 3.50. The average molecular weight is 377 g/mol. The number of benzene rings is 1. The highest BCUT2D eigenvalue weighted by Gasteiger charge is 2.15. The van der Waals surface area contributed by atoms with E-state index in [9.17, 15) is 4.39 Å². The zero-order valence-corrected chi connectivity index (χ0v) is 13.4. The van der Waals surface area contributed by atoms with Gasteiger partial charge >= 0.3 is 0 Å². The van der Waals surface area contributed by atoms with E-state index in [2.05, 4.69) is 17.1 Å². The molecule has 1 unspecified atom stereocenters. The lowest BCUT2D eigenvalue weighted by Crippen LogP contribution is -2.29. The molecular weight excluding hydrogens is 356 g/mol. The molecule has 106 valence electrons. The number of nitrogens with two attached hydrogens (primary N) is 1. The normalized spacial score (nSPS) is 17.6. The second-order valence-corrected chi connectivity index (χ2v) is 6.51. The van der Waals surface area contributed by atoms with Crippen LogP contribution in [0, 0.1) is 15.3 Å². The highest BCUT2D eigenvalue weighted by atomic mass is 127. The molecule has 3 N–H and O–H groups in total. The van der Waals surface area contributed by atoms with Crippen LogP contribution in [0.4, 0.5) is 15.8 Å². The maximum atomic E-state index is 13.5. The minimum Gasteiger partial charge on any atom is -0.397 e. The molecule has 2 rings (SSSR count). The average Bonchev–Trinajstić information content (AvgIpc) is 2.85. The molecule has 0 spiro atoms. The SMILES string of the molecule is CC(CNc1cc(F)c(I)cc1N)CN1CCCC1. The van der Waals surface area contributed by atoms with Crippen LogP contribution in [0.3, 0.4) is 0 Å². The van der Waals surface area contributed by atoms with Gasteiger partial charge in [-0.15, -0.1) is 0 Å². The Kier molecular flexibility index (Phi) is 5.27. The van der Waals surface area contributed by atoms with E-state index in [4.69, 9.17) is 5.73 Å². The molecule has 0 aliphatic carbocycles. The second-order valence-electron chi connectivity index (χ2n) is 5.35. The van der Waals surface area contributed by atoms with Crippen molar-refractivity contribution in [1.82, 2.24) is 4.90 Å². The number of likely N-dealkylation sites (tertiary alicyclic amines) is 1. The first-order valence-electron chi connectivity index (χ1n) is 6.77. The van der Waals surface area contributed by atoms with Gasteiger partial charge in [0.15, 0.2) is 0 Å². The van der Waals surface area contributed by atoms with Gasteiger partial charge in [0.1, 0.15) is 5.82 Å². The van der Waals surface area contributed by atoms with E-state index in [1.807, 2.05) is 22.6 Å². The molecule has 0 aromatic heterocycles. The van der Waals surface area contributed by atoms with Crippen molar-refractivity contribution in [2.75, 3.05) is 37.2 Å². The highest BCUT2D eigenvalue weighted by Crippen LogP contribution is 2.24. The lowest BCUT2D eigenvalue weighted by atomic mass is 10.1. The molecule has 1 atom stereocenters. The Balaban J connectivity index is 1.85. The molecule has 0 radical (unpaired) electrons. The Morgan fingerprint density at radius 2 is 2.11 bits per heavy atom. The Morgan fingerprint density at radius 3 is 2.79 bits per heavy atom. The van der Waals surface area contributed by atoms with E-state index >= 15 is 0 Å². The molecule has 1 aliphatic heterocycles. The van der Waals surface area contributed by atoms with Crippen LogP contribution in [-0.4, -0.2) is 31.1 Å². The molecule has 0 saturated carbocycles. The van der Waals surface area contributed by atoms with Gasteiger partial charge in [0.05, 0.1) is 14.9 Å². The van der Waals surface area contributed by atoms with Crippen LogP contribution in [0.2, 0.25) is 0 Å². The van der Waals surface area contributed by atoms with Gasteiger partial charge in [-0.2, -0.15) is 0 Å². The topological polar surface area (TPSA) is 41.3 Å². The Morgan fingerprint density at radius 1 is 1.42 bits per heavy atom. The van der Waals surface area contributed by atoms with Crippen molar-refractivity contribution in [2.45, 2.75) is 19.8 Å². The zero-order chi connectivity index (χ0) is 13.8. The number of hydrogen-bond donors (Lipinski definition) is 2. The summed E-state index contributed by atoms with van der Waals surface area (Å²) in [6.07, 6.45) is 2.63. The van der Waals surface area contributed by atoms with Crippen molar-refractivity contribution in [1.29, 1.82) is 0 Å². The molecule has 1 aromatic carbocycles. The van der Waals surface area contributed by atoms with Crippen LogP contribution in [0.1, 0.15) is 19.8 Å². The summed E-state index contributed by atoms with van der Waals surface area (Å²) in [4.78, 5) is 2.49. The van der Waals surface area contributed by atoms with E-state index in [1.165, 1.54) is 32.0 Å². The fourth-order valence-corrected chi connectivity index (χ4v) is 2.96. The summed E-state index contributed by atoms with van der Waals surface area (Å²) >= 11 is 1.95. The molecule has 0 amide bonds. The van der Waals surface area contributed by atoms with Crippen LogP contribution in [0.15, 0.2) is 12.1 Å². The van der Waals surface area contributed by atoms with Crippen LogP contribution < -0.4 is 11.1 Å². The zero-order valence-electron chi connectivity index (χ0n) is 11.3. The predicted octanol–water partition coefficient (Wildman–Crippen LogP) is 3.16. The van der Waals surface area contributed by atoms with Gasteiger partial charge in [0.25, 0.3) is 0 Å². The van der Waals surface area contributed by atoms with Gasteiger partial charge in [-0.25, -0.2) is 4.39 Å². The maximum absolute atomic E-state index is 13.5. The molecular formula is C14H21FIN3. The smallest absolute Gasteiger partial charge is 0.138 e. The van der Waals surface area contributed by atoms with Crippen LogP contribution in [0.5, 0.6) is 0 Å². The molecule has 1 heterocycles. The monoisotopic (exact) mass is 377 g/mol. The standard InChI is InChI=1S/C14H21FIN3/c1-10(9-19-4-2-3-5-19)8-18-14-6-11(15)12(16)7-13(14)17/h6-7,10,18H,2-5,8-9,17H2,1H3. The van der Waals surface area contributed by atoms with E-state index in [-0.39, 0.29) is 5.82 Å². The predicted molar refractivity (Wildman–Crippen MR) is 86.9 cm³/mol. The third-order valence-corrected chi connectivity index (χ3v) is 4.33. The molecule has 1 aliphatic rings. The van der Waals surface area contributed by atoms with Gasteiger partial charge in [-0.05, 0) is 60.5 Å². The van der Waals surface area contributed by atoms with E-state index in [1.54, 1.807) is 6.07 Å². The lowest BCUT2D eigenvalue weighted by molar-refractivity contribution is 0.294. The molecule has 1 aromatic rings. The van der Waals surface area contributed by atoms with Gasteiger partial charge in [0, 0.05) is 19.2 Å². The number of nitrogen functional groups attached to an aromatic ring is 1. The van der Waals surface area contributed by atoms with Crippen molar-refractivity contribution in [3.8, 4) is 0 Å². The Hall–Kier alpha value is -0.560. The van der Waals surface area contributed by atoms with E-state index < -0.39 is 0 Å². The van der Waals surface area contributed by atoms with Crippen LogP contribution in [0.25, 0.3) is 0 Å². The number of nitrogens with zero attached hydrogens (tertiary/aromatic N) is 1. The van der Waals surface area contributed by atoms with E-state index in [0.717, 1.165) is 13.1 Å². The quantitative estimate of drug-likeness (QED) is 0.612. The fraction of sp³-hybridized carbons (Fsp3) is 0.571. The number of anilines is 2. The molecule has 1 saturated heterocycles. The van der Waals surface area contributed by atoms with Crippen molar-refractivity contribution in [3.63, 3.8) is 0 Å². The number of hydrogen-bond acceptors (Lipinski definition) is 3. The highest BCUT2D eigenvalue weighted by molar-refractivity contribution is 14.1. The summed E-state index contributed by atoms with van der Waals surface area (Å²) in [6, 6.07) is 3.16. The van der Waals surface area contributed by atoms with E-state index in [0.29, 0.717) is 20.9 Å². The first kappa shape index (κ1) is 14.8. The second kappa shape index (κ2) is 6.74. The summed E-state index contributed by atoms with van der Waals surface area (Å²) in [5, 5.41) is 3.26. The first-order valence-corrected chi connectivity index (χ1v) is 7.85. The summed E-state index contributed by atoms with van der Waals surface area (Å²) in [5.74, 6) is 0.310. The Bertz CT molecular complexity index is 433. The van der Waals surface area contributed by atoms with Crippen molar-refractivity contribution >= 4 is 34.0 Å². The van der Waals surface area contributed by atoms with Crippen LogP contribution in [-0.2, 0) is 0 Å². The molecule has 0 bridgehead atoms. The number of rotatable bonds is 5. The minimum absolute atomic E-state index is 0.218. The lowest BCUT2D eigenvalue weighted by Gasteiger charge is -2.21. The number of halogens is 2. The first-order chi connectivity index (χ1) is 9.06. The van der Waals surface area contributed by atoms with Gasteiger partial charge in [0.2, 0.25) is 0 Å². The maximum Gasteiger partial charge on any atom is 0.138 e. The van der Waals surface area contributed by atoms with Gasteiger partial charge in [-0.3, -0.25) is 0 Å². The van der Waals surface area contributed by atoms with Crippen molar-refractivity contribution < 1.29 is 4.39 Å².